The molecule has 1 aromatic rings. The monoisotopic (exact) mass is 218 g/mol. The predicted molar refractivity (Wildman–Crippen MR) is 48.3 cm³/mol. The van der Waals surface area contributed by atoms with E-state index in [4.69, 9.17) is 8.97 Å². The first-order valence-electron chi connectivity index (χ1n) is 3.90. The Morgan fingerprint density at radius 3 is 2.64 bits per heavy atom. The molecule has 1 N–H and O–H groups in total. The number of hydrogen-bond donors (Lipinski definition) is 1. The Morgan fingerprint density at radius 1 is 1.64 bits per heavy atom. The molecule has 1 heterocycles. The maximum Gasteiger partial charge on any atom is 0.275 e. The van der Waals surface area contributed by atoms with Crippen LogP contribution in [0.25, 0.3) is 0 Å². The fourth-order valence-electron chi connectivity index (χ4n) is 1.09. The Labute approximate surface area is 81.5 Å². The number of hydrogen-bond acceptors (Lipinski definition) is 4. The molecule has 1 aromatic heterocycles. The van der Waals surface area contributed by atoms with Crippen molar-refractivity contribution < 1.29 is 22.2 Å². The minimum absolute atomic E-state index is 0.0719. The lowest BCUT2D eigenvalue weighted by atomic mass is 10.2. The molecule has 14 heavy (non-hydrogen) atoms. The molecule has 0 fully saturated rings. The molecule has 1 rings (SSSR count). The van der Waals surface area contributed by atoms with Crippen LogP contribution in [0.2, 0.25) is 0 Å². The Morgan fingerprint density at radius 2 is 2.29 bits per heavy atom. The fraction of sp³-hybridized carbons (Fsp3) is 0.375. The zero-order valence-electron chi connectivity index (χ0n) is 7.50. The van der Waals surface area contributed by atoms with Crippen LogP contribution in [0.15, 0.2) is 22.8 Å². The molecule has 5 nitrogen and oxygen atoms in total. The summed E-state index contributed by atoms with van der Waals surface area (Å²) in [5, 5.41) is -1.30. The Bertz CT molecular complexity index is 403. The van der Waals surface area contributed by atoms with Crippen molar-refractivity contribution in [2.75, 3.05) is 0 Å². The van der Waals surface area contributed by atoms with Gasteiger partial charge in [0.2, 0.25) is 0 Å². The summed E-state index contributed by atoms with van der Waals surface area (Å²) >= 11 is 0. The molecular formula is C8H10O5S. The van der Waals surface area contributed by atoms with Gasteiger partial charge in [0, 0.05) is 6.42 Å². The first-order valence-corrected chi connectivity index (χ1v) is 5.40. The minimum Gasteiger partial charge on any atom is -0.468 e. The third kappa shape index (κ3) is 2.68. The van der Waals surface area contributed by atoms with E-state index in [1.54, 1.807) is 0 Å². The standard InChI is InChI=1S/C8H10O5S/c1-6(9)5-8(14(10,11)12)7-3-2-4-13-7/h2-4,8H,5H2,1H3,(H,10,11,12). The molecule has 0 saturated carbocycles. The number of Topliss-reactive ketones (excluding diaryl/α,β-unsaturated/α-hetero) is 1. The van der Waals surface area contributed by atoms with E-state index >= 15 is 0 Å². The Balaban J connectivity index is 3.01. The maximum absolute atomic E-state index is 10.9. The molecule has 0 saturated heterocycles. The summed E-state index contributed by atoms with van der Waals surface area (Å²) in [6, 6.07) is 2.90. The third-order valence-electron chi connectivity index (χ3n) is 1.69. The summed E-state index contributed by atoms with van der Waals surface area (Å²) in [5.74, 6) is -0.258. The second-order valence-corrected chi connectivity index (χ2v) is 4.52. The topological polar surface area (TPSA) is 84.6 Å². The van der Waals surface area contributed by atoms with Gasteiger partial charge in [0.25, 0.3) is 10.1 Å². The van der Waals surface area contributed by atoms with Gasteiger partial charge in [-0.25, -0.2) is 0 Å². The number of rotatable bonds is 4. The van der Waals surface area contributed by atoms with Gasteiger partial charge in [0.15, 0.2) is 5.25 Å². The van der Waals surface area contributed by atoms with Gasteiger partial charge in [-0.1, -0.05) is 0 Å². The van der Waals surface area contributed by atoms with Gasteiger partial charge in [0.05, 0.1) is 6.26 Å². The zero-order valence-corrected chi connectivity index (χ0v) is 8.32. The van der Waals surface area contributed by atoms with Crippen LogP contribution < -0.4 is 0 Å². The number of carbonyl (C=O) groups excluding carboxylic acids is 1. The van der Waals surface area contributed by atoms with Gasteiger partial charge < -0.3 is 4.42 Å². The van der Waals surface area contributed by atoms with Crippen LogP contribution in [0.1, 0.15) is 24.4 Å². The van der Waals surface area contributed by atoms with Crippen molar-refractivity contribution in [1.29, 1.82) is 0 Å². The average Bonchev–Trinajstić information content (AvgIpc) is 2.49. The molecule has 0 spiro atoms. The zero-order chi connectivity index (χ0) is 10.8. The highest BCUT2D eigenvalue weighted by Gasteiger charge is 2.28. The summed E-state index contributed by atoms with van der Waals surface area (Å²) in [6.45, 7) is 1.25. The van der Waals surface area contributed by atoms with Gasteiger partial charge in [-0.05, 0) is 19.1 Å². The summed E-state index contributed by atoms with van der Waals surface area (Å²) in [6.07, 6.45) is 1.000. The first kappa shape index (κ1) is 10.9. The molecule has 1 unspecified atom stereocenters. The molecule has 0 aliphatic carbocycles. The van der Waals surface area contributed by atoms with E-state index < -0.39 is 15.4 Å². The normalized spacial score (nSPS) is 13.9. The molecule has 0 aromatic carbocycles. The van der Waals surface area contributed by atoms with E-state index in [2.05, 4.69) is 0 Å². The molecule has 0 bridgehead atoms. The third-order valence-corrected chi connectivity index (χ3v) is 2.81. The van der Waals surface area contributed by atoms with Gasteiger partial charge in [-0.2, -0.15) is 8.42 Å². The number of furan rings is 1. The van der Waals surface area contributed by atoms with Crippen LogP contribution in [0.4, 0.5) is 0 Å². The lowest BCUT2D eigenvalue weighted by molar-refractivity contribution is -0.117. The highest BCUT2D eigenvalue weighted by atomic mass is 32.2. The SMILES string of the molecule is CC(=O)CC(c1ccco1)S(=O)(=O)O. The van der Waals surface area contributed by atoms with Gasteiger partial charge >= 0.3 is 0 Å². The maximum atomic E-state index is 10.9. The summed E-state index contributed by atoms with van der Waals surface area (Å²) < 4.78 is 35.5. The highest BCUT2D eigenvalue weighted by Crippen LogP contribution is 2.25. The first-order chi connectivity index (χ1) is 6.41. The molecule has 0 radical (unpaired) electrons. The number of carbonyl (C=O) groups is 1. The van der Waals surface area contributed by atoms with Crippen molar-refractivity contribution in [1.82, 2.24) is 0 Å². The van der Waals surface area contributed by atoms with Crippen LogP contribution in [0.3, 0.4) is 0 Å². The van der Waals surface area contributed by atoms with E-state index in [9.17, 15) is 13.2 Å². The quantitative estimate of drug-likeness (QED) is 0.767. The molecule has 1 atom stereocenters. The van der Waals surface area contributed by atoms with Crippen molar-refractivity contribution in [3.05, 3.63) is 24.2 Å². The molecular weight excluding hydrogens is 208 g/mol. The van der Waals surface area contributed by atoms with Gasteiger partial charge in [-0.15, -0.1) is 0 Å². The van der Waals surface area contributed by atoms with Crippen molar-refractivity contribution >= 4 is 15.9 Å². The summed E-state index contributed by atoms with van der Waals surface area (Å²) in [4.78, 5) is 10.8. The van der Waals surface area contributed by atoms with Crippen LogP contribution in [-0.4, -0.2) is 18.8 Å². The van der Waals surface area contributed by atoms with E-state index in [1.807, 2.05) is 0 Å². The van der Waals surface area contributed by atoms with Crippen molar-refractivity contribution in [2.24, 2.45) is 0 Å². The van der Waals surface area contributed by atoms with E-state index in [0.717, 1.165) is 0 Å². The lowest BCUT2D eigenvalue weighted by Gasteiger charge is -2.08. The molecule has 6 heteroatoms. The van der Waals surface area contributed by atoms with Crippen LogP contribution in [0.5, 0.6) is 0 Å². The summed E-state index contributed by atoms with van der Waals surface area (Å²) in [5.41, 5.74) is 0. The number of ketones is 1. The van der Waals surface area contributed by atoms with Crippen molar-refractivity contribution in [2.45, 2.75) is 18.6 Å². The molecule has 0 amide bonds. The van der Waals surface area contributed by atoms with Gasteiger partial charge in [-0.3, -0.25) is 9.35 Å². The van der Waals surface area contributed by atoms with Crippen LogP contribution in [-0.2, 0) is 14.9 Å². The lowest BCUT2D eigenvalue weighted by Crippen LogP contribution is -2.14. The van der Waals surface area contributed by atoms with E-state index in [-0.39, 0.29) is 18.0 Å². The highest BCUT2D eigenvalue weighted by molar-refractivity contribution is 7.86. The Kier molecular flexibility index (Phi) is 3.07. The van der Waals surface area contributed by atoms with Crippen LogP contribution in [0, 0.1) is 0 Å². The van der Waals surface area contributed by atoms with E-state index in [0.29, 0.717) is 0 Å². The predicted octanol–water partition coefficient (Wildman–Crippen LogP) is 1.19. The fourth-order valence-corrected chi connectivity index (χ4v) is 1.96. The van der Waals surface area contributed by atoms with Gasteiger partial charge in [0.1, 0.15) is 11.5 Å². The molecule has 78 valence electrons. The smallest absolute Gasteiger partial charge is 0.275 e. The molecule has 0 aliphatic heterocycles. The second kappa shape index (κ2) is 3.93. The van der Waals surface area contributed by atoms with Crippen molar-refractivity contribution in [3.63, 3.8) is 0 Å². The minimum atomic E-state index is -4.30. The van der Waals surface area contributed by atoms with Crippen LogP contribution >= 0.6 is 0 Å². The summed E-state index contributed by atoms with van der Waals surface area (Å²) in [7, 11) is -4.30. The second-order valence-electron chi connectivity index (χ2n) is 2.93. The molecule has 0 aliphatic rings. The largest absolute Gasteiger partial charge is 0.468 e. The van der Waals surface area contributed by atoms with Crippen molar-refractivity contribution in [3.8, 4) is 0 Å². The average molecular weight is 218 g/mol. The Hall–Kier alpha value is -1.14. The van der Waals surface area contributed by atoms with E-state index in [1.165, 1.54) is 25.3 Å².